The van der Waals surface area contributed by atoms with Crippen LogP contribution in [0, 0.1) is 0 Å². The molecular weight excluding hydrogens is 321 g/mol. The minimum Gasteiger partial charge on any atom is -0.397 e. The van der Waals surface area contributed by atoms with E-state index in [0.29, 0.717) is 0 Å². The summed E-state index contributed by atoms with van der Waals surface area (Å²) in [7, 11) is -4.98. The molecule has 0 unspecified atom stereocenters. The molecule has 0 saturated carbocycles. The Kier molecular flexibility index (Phi) is 3.96. The quantitative estimate of drug-likeness (QED) is 0.450. The molecule has 1 aromatic rings. The summed E-state index contributed by atoms with van der Waals surface area (Å²) in [5.41, 5.74) is 13.4. The number of anilines is 1. The molecule has 0 aliphatic carbocycles. The van der Waals surface area contributed by atoms with E-state index < -0.39 is 53.7 Å². The SMILES string of the molecule is NC(=O)c1c(N)c(Cl)c(C(N)=O)c(S(=O)(=O)O)c1Cl. The Labute approximate surface area is 117 Å². The number of carbonyl (C=O) groups excluding carboxylic acids is 2. The van der Waals surface area contributed by atoms with E-state index in [1.165, 1.54) is 0 Å². The lowest BCUT2D eigenvalue weighted by Crippen LogP contribution is -2.22. The maximum absolute atomic E-state index is 11.2. The van der Waals surface area contributed by atoms with Crippen molar-refractivity contribution in [3.63, 3.8) is 0 Å². The monoisotopic (exact) mass is 327 g/mol. The van der Waals surface area contributed by atoms with Crippen molar-refractivity contribution in [2.24, 2.45) is 11.5 Å². The molecule has 0 bridgehead atoms. The van der Waals surface area contributed by atoms with Crippen molar-refractivity contribution >= 4 is 50.8 Å². The molecule has 19 heavy (non-hydrogen) atoms. The second-order valence-corrected chi connectivity index (χ2v) is 5.44. The molecule has 1 aromatic carbocycles. The molecule has 7 N–H and O–H groups in total. The van der Waals surface area contributed by atoms with E-state index in [2.05, 4.69) is 0 Å². The van der Waals surface area contributed by atoms with Gasteiger partial charge in [-0.25, -0.2) is 0 Å². The number of hydrogen-bond donors (Lipinski definition) is 4. The summed E-state index contributed by atoms with van der Waals surface area (Å²) in [5, 5.41) is -1.47. The maximum Gasteiger partial charge on any atom is 0.296 e. The lowest BCUT2D eigenvalue weighted by molar-refractivity contribution is 0.0986. The molecule has 0 aliphatic rings. The Bertz CT molecular complexity index is 701. The van der Waals surface area contributed by atoms with Crippen LogP contribution in [0.2, 0.25) is 10.0 Å². The predicted octanol–water partition coefficient (Wildman–Crippen LogP) is 0.0201. The standard InChI is InChI=1S/C8H7Cl2N3O5S/c9-3-2(8(13)15)6(19(16,17)18)4(10)1(5(3)11)7(12)14/h11H2,(H2,12,14)(H2,13,15)(H,16,17,18). The highest BCUT2D eigenvalue weighted by Crippen LogP contribution is 2.39. The third kappa shape index (κ3) is 2.59. The van der Waals surface area contributed by atoms with Gasteiger partial charge in [-0.2, -0.15) is 8.42 Å². The zero-order valence-corrected chi connectivity index (χ0v) is 11.3. The van der Waals surface area contributed by atoms with Crippen LogP contribution in [-0.4, -0.2) is 24.8 Å². The number of rotatable bonds is 3. The number of amides is 2. The Morgan fingerprint density at radius 3 is 1.74 bits per heavy atom. The average Bonchev–Trinajstić information content (AvgIpc) is 2.20. The largest absolute Gasteiger partial charge is 0.397 e. The number of nitrogen functional groups attached to an aromatic ring is 1. The Balaban J connectivity index is 4.10. The van der Waals surface area contributed by atoms with Gasteiger partial charge in [-0.15, -0.1) is 0 Å². The van der Waals surface area contributed by atoms with Crippen molar-refractivity contribution in [3.8, 4) is 0 Å². The number of benzene rings is 1. The first-order valence-corrected chi connectivity index (χ1v) is 6.57. The van der Waals surface area contributed by atoms with E-state index in [1.807, 2.05) is 0 Å². The minimum atomic E-state index is -4.98. The van der Waals surface area contributed by atoms with Gasteiger partial charge in [-0.3, -0.25) is 14.1 Å². The van der Waals surface area contributed by atoms with Crippen LogP contribution < -0.4 is 17.2 Å². The highest BCUT2D eigenvalue weighted by molar-refractivity contribution is 7.86. The highest BCUT2D eigenvalue weighted by atomic mass is 35.5. The molecule has 0 saturated heterocycles. The summed E-state index contributed by atoms with van der Waals surface area (Å²) in [6.45, 7) is 0. The molecular formula is C8H7Cl2N3O5S. The summed E-state index contributed by atoms with van der Waals surface area (Å²) in [6, 6.07) is 0. The van der Waals surface area contributed by atoms with Crippen LogP contribution in [0.1, 0.15) is 20.7 Å². The van der Waals surface area contributed by atoms with Gasteiger partial charge >= 0.3 is 0 Å². The first-order chi connectivity index (χ1) is 8.50. The van der Waals surface area contributed by atoms with Gasteiger partial charge in [0.25, 0.3) is 21.9 Å². The average molecular weight is 328 g/mol. The van der Waals surface area contributed by atoms with Crippen molar-refractivity contribution in [1.29, 1.82) is 0 Å². The second-order valence-electron chi connectivity index (χ2n) is 3.32. The Hall–Kier alpha value is -1.55. The van der Waals surface area contributed by atoms with Crippen molar-refractivity contribution in [2.45, 2.75) is 4.90 Å². The first-order valence-electron chi connectivity index (χ1n) is 4.37. The van der Waals surface area contributed by atoms with Crippen LogP contribution >= 0.6 is 23.2 Å². The zero-order chi connectivity index (χ0) is 15.1. The second kappa shape index (κ2) is 4.85. The Morgan fingerprint density at radius 1 is 1.00 bits per heavy atom. The van der Waals surface area contributed by atoms with Crippen LogP contribution in [0.3, 0.4) is 0 Å². The summed E-state index contributed by atoms with van der Waals surface area (Å²) in [5.74, 6) is -2.49. The van der Waals surface area contributed by atoms with Crippen molar-refractivity contribution in [2.75, 3.05) is 5.73 Å². The molecule has 1 rings (SSSR count). The molecule has 2 amide bonds. The van der Waals surface area contributed by atoms with Crippen molar-refractivity contribution < 1.29 is 22.6 Å². The first kappa shape index (κ1) is 15.5. The minimum absolute atomic E-state index is 0.514. The molecule has 104 valence electrons. The summed E-state index contributed by atoms with van der Waals surface area (Å²) in [4.78, 5) is 21.3. The van der Waals surface area contributed by atoms with Crippen LogP contribution in [-0.2, 0) is 10.1 Å². The molecule has 0 atom stereocenters. The summed E-state index contributed by atoms with van der Waals surface area (Å²) < 4.78 is 31.5. The van der Waals surface area contributed by atoms with Gasteiger partial charge in [0.2, 0.25) is 0 Å². The zero-order valence-electron chi connectivity index (χ0n) is 8.98. The lowest BCUT2D eigenvalue weighted by Gasteiger charge is -2.14. The molecule has 11 heteroatoms. The van der Waals surface area contributed by atoms with Gasteiger partial charge in [-0.1, -0.05) is 23.2 Å². The van der Waals surface area contributed by atoms with Crippen molar-refractivity contribution in [3.05, 3.63) is 21.2 Å². The normalized spacial score (nSPS) is 11.3. The van der Waals surface area contributed by atoms with E-state index >= 15 is 0 Å². The fraction of sp³-hybridized carbons (Fsp3) is 0. The van der Waals surface area contributed by atoms with Crippen molar-refractivity contribution in [1.82, 2.24) is 0 Å². The Morgan fingerprint density at radius 2 is 1.42 bits per heavy atom. The van der Waals surface area contributed by atoms with E-state index in [0.717, 1.165) is 0 Å². The fourth-order valence-electron chi connectivity index (χ4n) is 1.39. The smallest absolute Gasteiger partial charge is 0.296 e. The molecule has 0 heterocycles. The topological polar surface area (TPSA) is 167 Å². The molecule has 0 aliphatic heterocycles. The molecule has 8 nitrogen and oxygen atoms in total. The fourth-order valence-corrected chi connectivity index (χ4v) is 3.10. The number of nitrogens with two attached hydrogens (primary N) is 3. The molecule has 0 aromatic heterocycles. The third-order valence-corrected chi connectivity index (χ3v) is 3.93. The number of primary amides is 2. The van der Waals surface area contributed by atoms with Gasteiger partial charge in [0.1, 0.15) is 4.90 Å². The molecule has 0 fully saturated rings. The molecule has 0 radical (unpaired) electrons. The van der Waals surface area contributed by atoms with E-state index in [-0.39, 0.29) is 0 Å². The lowest BCUT2D eigenvalue weighted by atomic mass is 10.1. The van der Waals surface area contributed by atoms with Gasteiger partial charge in [0, 0.05) is 0 Å². The third-order valence-electron chi connectivity index (χ3n) is 2.12. The summed E-state index contributed by atoms with van der Waals surface area (Å²) >= 11 is 11.3. The van der Waals surface area contributed by atoms with Crippen LogP contribution in [0.5, 0.6) is 0 Å². The maximum atomic E-state index is 11.2. The predicted molar refractivity (Wildman–Crippen MR) is 67.7 cm³/mol. The van der Waals surface area contributed by atoms with Crippen LogP contribution in [0.25, 0.3) is 0 Å². The van der Waals surface area contributed by atoms with Gasteiger partial charge in [0.05, 0.1) is 26.9 Å². The van der Waals surface area contributed by atoms with E-state index in [9.17, 15) is 18.0 Å². The number of carbonyl (C=O) groups is 2. The van der Waals surface area contributed by atoms with Gasteiger partial charge in [-0.05, 0) is 0 Å². The highest BCUT2D eigenvalue weighted by Gasteiger charge is 2.32. The number of halogens is 2. The van der Waals surface area contributed by atoms with E-state index in [1.54, 1.807) is 0 Å². The molecule has 0 spiro atoms. The van der Waals surface area contributed by atoms with Gasteiger partial charge in [0.15, 0.2) is 0 Å². The van der Waals surface area contributed by atoms with Crippen LogP contribution in [0.15, 0.2) is 4.90 Å². The number of hydrogen-bond acceptors (Lipinski definition) is 5. The van der Waals surface area contributed by atoms with Crippen LogP contribution in [0.4, 0.5) is 5.69 Å². The van der Waals surface area contributed by atoms with Gasteiger partial charge < -0.3 is 17.2 Å². The summed E-state index contributed by atoms with van der Waals surface area (Å²) in [6.07, 6.45) is 0. The van der Waals surface area contributed by atoms with E-state index in [4.69, 9.17) is 45.0 Å².